The standard InChI is InChI=1S/3C34H42O11/c3*1-8-24-42-22-14-23-33(16-40-23,45-19(4)36)27-29(44-30(38)20-12-10-9-11-13-20)34(39)15-21(37)17(2)25(31(34,5)6)26(41-18(3)35)28(43-24)32(22,27)7/h3*8-13,21-24,26-29,37,39H,1,14-16H2,2-7H3/t21-,22-,23+,24?,26-,27-,28-,29-,32+,33-,34+;21-,22-,23+,24+,26-,27-,28-,29-,32+,33-,34+;21-,22-,23+,24-,26-,27-,28-,29-,32+,33-,34+/m000/s1. The highest BCUT2D eigenvalue weighted by Gasteiger charge is 2.84. The Morgan fingerprint density at radius 1 is 0.341 bits per heavy atom. The monoisotopic (exact) mass is 1880 g/mol. The molecule has 33 nitrogen and oxygen atoms in total. The van der Waals surface area contributed by atoms with Crippen molar-refractivity contribution < 1.29 is 159 Å². The average molecular weight is 1880 g/mol. The molecule has 0 spiro atoms. The smallest absolute Gasteiger partial charge is 0.338 e. The number of ether oxygens (including phenoxy) is 18. The van der Waals surface area contributed by atoms with Gasteiger partial charge in [0.25, 0.3) is 0 Å². The maximum Gasteiger partial charge on any atom is 0.338 e. The van der Waals surface area contributed by atoms with E-state index in [0.29, 0.717) is 33.4 Å². The van der Waals surface area contributed by atoms with Gasteiger partial charge in [-0.1, -0.05) is 137 Å². The highest BCUT2D eigenvalue weighted by atomic mass is 16.7. The topological polar surface area (TPSA) is 441 Å². The molecule has 135 heavy (non-hydrogen) atoms. The van der Waals surface area contributed by atoms with Gasteiger partial charge >= 0.3 is 53.7 Å². The number of hydrogen-bond acceptors (Lipinski definition) is 33. The third kappa shape index (κ3) is 15.0. The molecule has 33 atom stereocenters. The van der Waals surface area contributed by atoms with Crippen LogP contribution in [0, 0.1) is 50.2 Å². The van der Waals surface area contributed by atoms with Crippen LogP contribution >= 0.6 is 0 Å². The van der Waals surface area contributed by atoms with Gasteiger partial charge in [-0.05, 0) is 109 Å². The van der Waals surface area contributed by atoms with Crippen molar-refractivity contribution in [2.75, 3.05) is 19.8 Å². The molecule has 12 fully saturated rings. The lowest BCUT2D eigenvalue weighted by atomic mass is 9.44. The first-order chi connectivity index (χ1) is 63.3. The van der Waals surface area contributed by atoms with Crippen molar-refractivity contribution in [2.45, 2.75) is 325 Å². The van der Waals surface area contributed by atoms with Crippen molar-refractivity contribution in [3.8, 4) is 0 Å². The van der Waals surface area contributed by atoms with Crippen LogP contribution in [0.25, 0.3) is 0 Å². The second-order valence-electron chi connectivity index (χ2n) is 41.4. The lowest BCUT2D eigenvalue weighted by Gasteiger charge is -2.71. The van der Waals surface area contributed by atoms with Crippen molar-refractivity contribution >= 4 is 53.7 Å². The molecule has 6 saturated heterocycles. The van der Waals surface area contributed by atoms with Crippen LogP contribution in [0.15, 0.2) is 162 Å². The van der Waals surface area contributed by atoms with Gasteiger partial charge in [0.05, 0.1) is 90.9 Å². The Hall–Kier alpha value is -9.27. The van der Waals surface area contributed by atoms with E-state index >= 15 is 0 Å². The lowest BCUT2D eigenvalue weighted by Crippen LogP contribution is -2.83. The number of fused-ring (bicyclic) bond motifs is 12. The highest BCUT2D eigenvalue weighted by Crippen LogP contribution is 2.72. The van der Waals surface area contributed by atoms with Gasteiger partial charge in [0.15, 0.2) is 54.0 Å². The number of hydrogen-bond donors (Lipinski definition) is 6. The molecule has 6 bridgehead atoms. The predicted molar refractivity (Wildman–Crippen MR) is 472 cm³/mol. The number of aliphatic hydroxyl groups excluding tert-OH is 3. The van der Waals surface area contributed by atoms with Crippen LogP contribution in [-0.2, 0) is 114 Å². The molecule has 33 heteroatoms. The first kappa shape index (κ1) is 98.8. The van der Waals surface area contributed by atoms with Crippen LogP contribution in [0.3, 0.4) is 0 Å². The summed E-state index contributed by atoms with van der Waals surface area (Å²) in [6, 6.07) is 25.2. The Morgan fingerprint density at radius 3 is 0.763 bits per heavy atom. The minimum Gasteiger partial charge on any atom is -0.455 e. The fraction of sp³-hybridized carbons (Fsp3) is 0.618. The summed E-state index contributed by atoms with van der Waals surface area (Å²) < 4.78 is 113. The minimum absolute atomic E-state index is 0.0414. The van der Waals surface area contributed by atoms with Crippen LogP contribution in [-0.4, -0.2) is 267 Å². The van der Waals surface area contributed by atoms with Gasteiger partial charge in [0.1, 0.15) is 71.7 Å². The maximum absolute atomic E-state index is 13.9. The number of benzene rings is 3. The summed E-state index contributed by atoms with van der Waals surface area (Å²) in [5.41, 5.74) is -13.8. The molecule has 0 amide bonds. The second-order valence-corrected chi connectivity index (χ2v) is 41.4. The van der Waals surface area contributed by atoms with Crippen molar-refractivity contribution in [3.63, 3.8) is 0 Å². The summed E-state index contributed by atoms with van der Waals surface area (Å²) in [5, 5.41) is 74.1. The predicted octanol–water partition coefficient (Wildman–Crippen LogP) is 9.06. The van der Waals surface area contributed by atoms with E-state index in [4.69, 9.17) is 85.3 Å². The average Bonchev–Trinajstić information content (AvgIpc) is 0.669. The van der Waals surface area contributed by atoms with Gasteiger partial charge < -0.3 is 116 Å². The SMILES string of the molecule is C=CC1O[C@H]2C[C@H]3OC[C@@]3(OC(C)=O)[C@H]3[C@H](OC(=O)c4ccccc4)[C@]4(O)C[C@H](O)C(C)=C([C@H](OC(C)=O)[C@H](O1)[C@]23C)C4(C)C.C=C[C@@H]1O[C@H]2C[C@H]3OC[C@@]3(OC(C)=O)[C@H]3[C@H](OC(=O)c4ccccc4)[C@]4(O)C[C@H](O)C(C)=C([C@H](OC(C)=O)[C@H](O1)[C@]23C)C4(C)C.C=C[C@H]1O[C@H]2C[C@H]3OC[C@@]3(OC(C)=O)[C@H]3[C@H](OC(=O)c4ccccc4)[C@]4(O)C[C@H](O)C(C)=C([C@H](OC(C)=O)[C@H](O1)[C@]23C)C4(C)C. The van der Waals surface area contributed by atoms with Gasteiger partial charge in [-0.3, -0.25) is 28.8 Å². The molecular formula is C102H126O33. The molecule has 15 aliphatic rings. The normalized spacial score (nSPS) is 42.8. The molecule has 0 aromatic heterocycles. The van der Waals surface area contributed by atoms with Crippen LogP contribution in [0.5, 0.6) is 0 Å². The Balaban J connectivity index is 0.000000147. The number of esters is 9. The molecule has 6 aliphatic heterocycles. The molecular weight excluding hydrogens is 1750 g/mol. The molecule has 6 saturated carbocycles. The van der Waals surface area contributed by atoms with Gasteiger partial charge in [0, 0.05) is 113 Å². The summed E-state index contributed by atoms with van der Waals surface area (Å²) in [5.74, 6) is -8.67. The molecule has 9 aliphatic carbocycles. The third-order valence-electron chi connectivity index (χ3n) is 33.4. The summed E-state index contributed by atoms with van der Waals surface area (Å²) in [4.78, 5) is 119. The Kier molecular flexibility index (Phi) is 25.6. The van der Waals surface area contributed by atoms with Crippen molar-refractivity contribution in [2.24, 2.45) is 50.2 Å². The molecule has 6 N–H and O–H groups in total. The van der Waals surface area contributed by atoms with Crippen molar-refractivity contribution in [1.82, 2.24) is 0 Å². The van der Waals surface area contributed by atoms with E-state index in [1.807, 2.05) is 20.8 Å². The summed E-state index contributed by atoms with van der Waals surface area (Å²) in [6.07, 6.45) is -16.0. The molecule has 732 valence electrons. The van der Waals surface area contributed by atoms with E-state index in [9.17, 15) is 73.8 Å². The van der Waals surface area contributed by atoms with Gasteiger partial charge in [-0.2, -0.15) is 0 Å². The quantitative estimate of drug-likeness (QED) is 0.0469. The van der Waals surface area contributed by atoms with Crippen LogP contribution in [0.2, 0.25) is 0 Å². The first-order valence-electron chi connectivity index (χ1n) is 46.2. The van der Waals surface area contributed by atoms with Crippen LogP contribution in [0.4, 0.5) is 0 Å². The largest absolute Gasteiger partial charge is 0.455 e. The number of carbonyl (C=O) groups is 9. The lowest BCUT2D eigenvalue weighted by molar-refractivity contribution is -0.405. The minimum atomic E-state index is -1.97. The Morgan fingerprint density at radius 2 is 0.570 bits per heavy atom. The maximum atomic E-state index is 13.9. The zero-order valence-electron chi connectivity index (χ0n) is 79.4. The summed E-state index contributed by atoms with van der Waals surface area (Å²) in [6.45, 7) is 40.7. The molecule has 6 heterocycles. The summed E-state index contributed by atoms with van der Waals surface area (Å²) in [7, 11) is 0. The van der Waals surface area contributed by atoms with Crippen LogP contribution in [0.1, 0.15) is 194 Å². The second kappa shape index (κ2) is 35.0. The van der Waals surface area contributed by atoms with Crippen molar-refractivity contribution in [1.29, 1.82) is 0 Å². The highest BCUT2D eigenvalue weighted by molar-refractivity contribution is 5.91. The molecule has 18 rings (SSSR count). The molecule has 3 aromatic rings. The van der Waals surface area contributed by atoms with E-state index in [-0.39, 0.29) is 75.0 Å². The van der Waals surface area contributed by atoms with E-state index in [0.717, 1.165) is 0 Å². The summed E-state index contributed by atoms with van der Waals surface area (Å²) >= 11 is 0. The van der Waals surface area contributed by atoms with Crippen LogP contribution < -0.4 is 0 Å². The van der Waals surface area contributed by atoms with Gasteiger partial charge in [-0.25, -0.2) is 14.4 Å². The molecule has 3 aromatic carbocycles. The number of rotatable bonds is 15. The van der Waals surface area contributed by atoms with E-state index < -0.39 is 266 Å². The molecule has 1 unspecified atom stereocenters. The fourth-order valence-electron chi connectivity index (χ4n) is 26.9. The van der Waals surface area contributed by atoms with E-state index in [2.05, 4.69) is 19.7 Å². The Bertz CT molecular complexity index is 4820. The van der Waals surface area contributed by atoms with Gasteiger partial charge in [0.2, 0.25) is 0 Å². The number of carbonyl (C=O) groups excluding carboxylic acids is 9. The van der Waals surface area contributed by atoms with Gasteiger partial charge in [-0.15, -0.1) is 0 Å². The van der Waals surface area contributed by atoms with E-state index in [1.54, 1.807) is 153 Å². The van der Waals surface area contributed by atoms with E-state index in [1.165, 1.54) is 59.8 Å². The zero-order valence-corrected chi connectivity index (χ0v) is 79.4. The fourth-order valence-corrected chi connectivity index (χ4v) is 26.9. The number of aliphatic hydroxyl groups is 6. The third-order valence-corrected chi connectivity index (χ3v) is 33.4. The van der Waals surface area contributed by atoms with Crippen molar-refractivity contribution in [3.05, 3.63) is 179 Å². The molecule has 0 radical (unpaired) electrons. The zero-order chi connectivity index (χ0) is 98.1. The Labute approximate surface area is 783 Å². The first-order valence-corrected chi connectivity index (χ1v) is 46.2.